The molecule has 1 N–H and O–H groups in total. The SMILES string of the molecule is COc1cccc(C#N)c1NCc1ncnn1CC(C)C. The zero-order chi connectivity index (χ0) is 15.2. The smallest absolute Gasteiger partial charge is 0.146 e. The first-order chi connectivity index (χ1) is 10.2. The van der Waals surface area contributed by atoms with Crippen molar-refractivity contribution >= 4 is 5.69 Å². The standard InChI is InChI=1S/C15H19N5O/c1-11(2)9-20-14(18-10-19-20)8-17-15-12(7-16)5-4-6-13(15)21-3/h4-6,10-11,17H,8-9H2,1-3H3. The molecule has 6 heteroatoms. The fraction of sp³-hybridized carbons (Fsp3) is 0.400. The molecule has 0 atom stereocenters. The lowest BCUT2D eigenvalue weighted by Gasteiger charge is -2.13. The molecule has 2 rings (SSSR count). The highest BCUT2D eigenvalue weighted by Crippen LogP contribution is 2.28. The van der Waals surface area contributed by atoms with E-state index in [1.165, 1.54) is 0 Å². The van der Waals surface area contributed by atoms with Gasteiger partial charge in [0.05, 0.1) is 24.9 Å². The first kappa shape index (κ1) is 14.9. The number of aromatic nitrogens is 3. The topological polar surface area (TPSA) is 75.8 Å². The Hall–Kier alpha value is -2.55. The molecule has 0 aliphatic carbocycles. The van der Waals surface area contributed by atoms with Crippen molar-refractivity contribution in [2.45, 2.75) is 26.9 Å². The maximum atomic E-state index is 9.19. The lowest BCUT2D eigenvalue weighted by atomic mass is 10.1. The Bertz CT molecular complexity index is 642. The number of nitriles is 1. The Balaban J connectivity index is 2.17. The minimum atomic E-state index is 0.488. The Kier molecular flexibility index (Phi) is 4.77. The first-order valence-electron chi connectivity index (χ1n) is 6.83. The monoisotopic (exact) mass is 285 g/mol. The van der Waals surface area contributed by atoms with Crippen molar-refractivity contribution in [1.29, 1.82) is 5.26 Å². The molecule has 1 heterocycles. The molecule has 110 valence electrons. The Morgan fingerprint density at radius 3 is 2.90 bits per heavy atom. The van der Waals surface area contributed by atoms with Gasteiger partial charge in [-0.05, 0) is 18.1 Å². The molecule has 0 saturated heterocycles. The number of benzene rings is 1. The van der Waals surface area contributed by atoms with E-state index in [2.05, 4.69) is 35.3 Å². The number of ether oxygens (including phenoxy) is 1. The molecule has 1 aromatic heterocycles. The number of para-hydroxylation sites is 1. The van der Waals surface area contributed by atoms with Crippen LogP contribution >= 0.6 is 0 Å². The third-order valence-electron chi connectivity index (χ3n) is 3.02. The normalized spacial score (nSPS) is 10.4. The van der Waals surface area contributed by atoms with Gasteiger partial charge in [-0.3, -0.25) is 0 Å². The summed E-state index contributed by atoms with van der Waals surface area (Å²) in [7, 11) is 1.59. The summed E-state index contributed by atoms with van der Waals surface area (Å²) in [5.41, 5.74) is 1.23. The van der Waals surface area contributed by atoms with Crippen LogP contribution in [0, 0.1) is 17.2 Å². The zero-order valence-electron chi connectivity index (χ0n) is 12.5. The van der Waals surface area contributed by atoms with Gasteiger partial charge in [-0.2, -0.15) is 10.4 Å². The van der Waals surface area contributed by atoms with Crippen LogP contribution in [0.15, 0.2) is 24.5 Å². The lowest BCUT2D eigenvalue weighted by Crippen LogP contribution is -2.14. The number of methoxy groups -OCH3 is 1. The van der Waals surface area contributed by atoms with Gasteiger partial charge < -0.3 is 10.1 Å². The van der Waals surface area contributed by atoms with Crippen LogP contribution in [0.25, 0.3) is 0 Å². The predicted octanol–water partition coefficient (Wildman–Crippen LogP) is 2.43. The summed E-state index contributed by atoms with van der Waals surface area (Å²) in [5.74, 6) is 1.97. The second-order valence-corrected chi connectivity index (χ2v) is 5.10. The maximum absolute atomic E-state index is 9.19. The summed E-state index contributed by atoms with van der Waals surface area (Å²) < 4.78 is 7.17. The first-order valence-corrected chi connectivity index (χ1v) is 6.83. The highest BCUT2D eigenvalue weighted by molar-refractivity contribution is 5.66. The van der Waals surface area contributed by atoms with Crippen molar-refractivity contribution < 1.29 is 4.74 Å². The van der Waals surface area contributed by atoms with E-state index in [9.17, 15) is 5.26 Å². The third-order valence-corrected chi connectivity index (χ3v) is 3.02. The van der Waals surface area contributed by atoms with Crippen LogP contribution in [0.1, 0.15) is 25.2 Å². The molecule has 1 aromatic carbocycles. The van der Waals surface area contributed by atoms with Gasteiger partial charge in [0.15, 0.2) is 0 Å². The van der Waals surface area contributed by atoms with Crippen LogP contribution in [0.3, 0.4) is 0 Å². The van der Waals surface area contributed by atoms with Crippen LogP contribution < -0.4 is 10.1 Å². The molecular weight excluding hydrogens is 266 g/mol. The number of hydrogen-bond acceptors (Lipinski definition) is 5. The molecule has 6 nitrogen and oxygen atoms in total. The van der Waals surface area contributed by atoms with Gasteiger partial charge in [-0.15, -0.1) is 0 Å². The average molecular weight is 285 g/mol. The minimum Gasteiger partial charge on any atom is -0.495 e. The zero-order valence-corrected chi connectivity index (χ0v) is 12.5. The molecule has 0 amide bonds. The van der Waals surface area contributed by atoms with Gasteiger partial charge in [-0.25, -0.2) is 9.67 Å². The van der Waals surface area contributed by atoms with Gasteiger partial charge in [-0.1, -0.05) is 19.9 Å². The highest BCUT2D eigenvalue weighted by atomic mass is 16.5. The second kappa shape index (κ2) is 6.75. The predicted molar refractivity (Wildman–Crippen MR) is 79.9 cm³/mol. The molecule has 2 aromatic rings. The Morgan fingerprint density at radius 1 is 1.43 bits per heavy atom. The van der Waals surface area contributed by atoms with Crippen LogP contribution in [0.4, 0.5) is 5.69 Å². The van der Waals surface area contributed by atoms with E-state index in [0.717, 1.165) is 12.4 Å². The van der Waals surface area contributed by atoms with E-state index in [-0.39, 0.29) is 0 Å². The largest absolute Gasteiger partial charge is 0.495 e. The summed E-state index contributed by atoms with van der Waals surface area (Å²) in [6, 6.07) is 7.53. The Morgan fingerprint density at radius 2 is 2.24 bits per heavy atom. The molecule has 0 radical (unpaired) electrons. The van der Waals surface area contributed by atoms with E-state index in [4.69, 9.17) is 4.74 Å². The van der Waals surface area contributed by atoms with Gasteiger partial charge in [0.1, 0.15) is 24.0 Å². The fourth-order valence-corrected chi connectivity index (χ4v) is 2.07. The van der Waals surface area contributed by atoms with Crippen LogP contribution in [0.2, 0.25) is 0 Å². The molecule has 0 aliphatic rings. The summed E-state index contributed by atoms with van der Waals surface area (Å²) in [5, 5.41) is 16.6. The van der Waals surface area contributed by atoms with Crippen molar-refractivity contribution in [3.63, 3.8) is 0 Å². The summed E-state index contributed by atoms with van der Waals surface area (Å²) in [6.07, 6.45) is 1.55. The summed E-state index contributed by atoms with van der Waals surface area (Å²) in [6.45, 7) is 5.57. The van der Waals surface area contributed by atoms with Crippen LogP contribution in [-0.4, -0.2) is 21.9 Å². The molecule has 0 saturated carbocycles. The number of nitrogens with one attached hydrogen (secondary N) is 1. The van der Waals surface area contributed by atoms with Gasteiger partial charge in [0.25, 0.3) is 0 Å². The van der Waals surface area contributed by atoms with Gasteiger partial charge in [0.2, 0.25) is 0 Å². The van der Waals surface area contributed by atoms with E-state index in [1.807, 2.05) is 10.7 Å². The molecule has 21 heavy (non-hydrogen) atoms. The fourth-order valence-electron chi connectivity index (χ4n) is 2.07. The molecule has 0 fully saturated rings. The number of nitrogens with zero attached hydrogens (tertiary/aromatic N) is 4. The van der Waals surface area contributed by atoms with E-state index >= 15 is 0 Å². The minimum absolute atomic E-state index is 0.488. The molecule has 0 spiro atoms. The van der Waals surface area contributed by atoms with Crippen molar-refractivity contribution in [3.05, 3.63) is 35.9 Å². The second-order valence-electron chi connectivity index (χ2n) is 5.10. The Labute approximate surface area is 124 Å². The molecule has 0 aliphatic heterocycles. The summed E-state index contributed by atoms with van der Waals surface area (Å²) >= 11 is 0. The van der Waals surface area contributed by atoms with Crippen molar-refractivity contribution in [2.75, 3.05) is 12.4 Å². The van der Waals surface area contributed by atoms with Gasteiger partial charge >= 0.3 is 0 Å². The molecule has 0 unspecified atom stereocenters. The van der Waals surface area contributed by atoms with Crippen molar-refractivity contribution in [2.24, 2.45) is 5.92 Å². The number of hydrogen-bond donors (Lipinski definition) is 1. The quantitative estimate of drug-likeness (QED) is 0.882. The van der Waals surface area contributed by atoms with Crippen LogP contribution in [-0.2, 0) is 13.1 Å². The van der Waals surface area contributed by atoms with Crippen molar-refractivity contribution in [1.82, 2.24) is 14.8 Å². The van der Waals surface area contributed by atoms with Crippen LogP contribution in [0.5, 0.6) is 5.75 Å². The van der Waals surface area contributed by atoms with E-state index in [0.29, 0.717) is 29.5 Å². The number of anilines is 1. The highest BCUT2D eigenvalue weighted by Gasteiger charge is 2.11. The van der Waals surface area contributed by atoms with E-state index < -0.39 is 0 Å². The molecule has 0 bridgehead atoms. The van der Waals surface area contributed by atoms with Gasteiger partial charge in [0, 0.05) is 6.54 Å². The van der Waals surface area contributed by atoms with Crippen molar-refractivity contribution in [3.8, 4) is 11.8 Å². The average Bonchev–Trinajstić information content (AvgIpc) is 2.91. The number of rotatable bonds is 6. The molecular formula is C15H19N5O. The lowest BCUT2D eigenvalue weighted by molar-refractivity contribution is 0.416. The maximum Gasteiger partial charge on any atom is 0.146 e. The van der Waals surface area contributed by atoms with E-state index in [1.54, 1.807) is 25.6 Å². The summed E-state index contributed by atoms with van der Waals surface area (Å²) in [4.78, 5) is 4.26. The third kappa shape index (κ3) is 3.51.